The van der Waals surface area contributed by atoms with Gasteiger partial charge >= 0.3 is 30.8 Å². The molecule has 4 aliphatic heterocycles. The average Bonchev–Trinajstić information content (AvgIpc) is 1.65. The Morgan fingerprint density at radius 2 is 0.945 bits per heavy atom. The van der Waals surface area contributed by atoms with Crippen molar-refractivity contribution >= 4 is 146 Å². The molecule has 0 radical (unpaired) electrons. The summed E-state index contributed by atoms with van der Waals surface area (Å²) in [6, 6.07) is 27.2. The van der Waals surface area contributed by atoms with Crippen LogP contribution in [0.25, 0.3) is 44.7 Å². The first-order valence-electron chi connectivity index (χ1n) is 38.7. The van der Waals surface area contributed by atoms with E-state index in [1.807, 2.05) is 55.7 Å². The highest BCUT2D eigenvalue weighted by Gasteiger charge is 2.46. The molecule has 14 atom stereocenters. The van der Waals surface area contributed by atoms with Crippen molar-refractivity contribution in [2.75, 3.05) is 54.3 Å². The number of ether oxygens (including phenoxy) is 4. The molecule has 15 N–H and O–H groups in total. The van der Waals surface area contributed by atoms with E-state index in [4.69, 9.17) is 88.6 Å². The second kappa shape index (κ2) is 46.7. The number of carbonyl (C=O) groups excluding carboxylic acids is 4. The Morgan fingerprint density at radius 1 is 0.559 bits per heavy atom. The fourth-order valence-electron chi connectivity index (χ4n) is 13.0. The lowest BCUT2D eigenvalue weighted by atomic mass is 10.1. The van der Waals surface area contributed by atoms with E-state index in [1.165, 1.54) is 40.8 Å². The van der Waals surface area contributed by atoms with Crippen molar-refractivity contribution in [1.29, 1.82) is 10.5 Å². The molecule has 0 spiro atoms. The first-order chi connectivity index (χ1) is 60.8. The number of nitrogens with one attached hydrogen (secondary N) is 7. The lowest BCUT2D eigenvalue weighted by molar-refractivity contribution is -0.378. The molecule has 4 amide bonds. The van der Waals surface area contributed by atoms with E-state index in [9.17, 15) is 54.6 Å². The van der Waals surface area contributed by atoms with E-state index < -0.39 is 122 Å². The monoisotopic (exact) mass is 1870 g/mol. The van der Waals surface area contributed by atoms with Gasteiger partial charge in [-0.2, -0.15) is 20.5 Å². The van der Waals surface area contributed by atoms with Gasteiger partial charge in [0.25, 0.3) is 22.9 Å². The van der Waals surface area contributed by atoms with Crippen molar-refractivity contribution in [3.63, 3.8) is 0 Å². The third kappa shape index (κ3) is 25.3. The van der Waals surface area contributed by atoms with E-state index in [-0.39, 0.29) is 146 Å². The molecule has 15 rings (SSSR count). The Hall–Kier alpha value is -10.9. The smallest absolute Gasteiger partial charge is 0.327 e. The minimum absolute atomic E-state index is 0. The maximum absolute atomic E-state index is 12.9. The summed E-state index contributed by atoms with van der Waals surface area (Å²) < 4.78 is 84.7. The zero-order valence-electron chi connectivity index (χ0n) is 68.2. The number of aromatic amines is 3. The number of carbonyl (C=O) groups is 4. The summed E-state index contributed by atoms with van der Waals surface area (Å²) in [5, 5.41) is 61.5. The fraction of sp³-hybridized carbons (Fsp3) is 0.419. The van der Waals surface area contributed by atoms with E-state index in [1.54, 1.807) is 97.8 Å². The van der Waals surface area contributed by atoms with Crippen LogP contribution in [-0.2, 0) is 88.4 Å². The molecule has 9 aromatic heterocycles. The normalized spacial score (nSPS) is 21.5. The molecule has 11 aromatic rings. The van der Waals surface area contributed by atoms with Crippen LogP contribution < -0.4 is 43.5 Å². The SMILES string of the molecule is CC(C)C(=O)Nc1nc2c(ncn2[C@@H]2O[C@H](COP(=S)(OCCC#N)O[C@@H]3C[C@H](n4cnc5c(NC(=O)c6ccccc6)ncnc54)O[C@@H]3CO)C[C@@H]2O)c(=O)[nH]1.CC[C@H]1O[C@@H](n2cnc3c(NC(=O)c4ccccc4)ncnc32)C[C@H]1OP(=S)(OCCC#N)OC[C@@H]1C[C@H](O)[C@H](n2cnc3c(=O)[nH]c(NC(=O)C(C)C)nc32)O1.N.O=PO.O=PO.c1cc[nH+]cc1. The van der Waals surface area contributed by atoms with Gasteiger partial charge in [0.15, 0.2) is 81.1 Å². The summed E-state index contributed by atoms with van der Waals surface area (Å²) in [6.45, 7) is 0.559. The standard InChI is InChI=1S/C35H40N11O9PS.C34H38N11O10PS.C5H5N.H3N.2HO2P/c1-4-23-24(14-25(54-23)45-17-39-26-28(37-16-38-29(26)45)41-32(49)20-9-6-5-7-10-20)55-56(57,51-12-8-11-36)52-15-21-13-22(47)34(53-21)46-18-40-27-30(46)42-35(44-33(27)50)43-31(48)19(2)3;1-18(2)30(48)42-34-41-29-26(32(50)43-34)39-17-45(29)33-21(47)11-20(53-33)14-52-56(57,51-10-6-9-35)55-22-12-24(54-23(22)13-46)44-16-38-25-27(36-15-37-28(25)44)40-31(49)19-7-4-3-5-8-19;1-2-4-6-5-3-1;;2*1-3-2/h5-7,9-10,16-19,21-25,34,47H,4,8,12-15H2,1-3H3,(H,37,38,41,49)(H2,42,43,44,48,50);3-5,7-8,15-18,20-24,33,46-47H,6,10-14H2,1-2H3,(H,36,37,40,49)(H2,41,42,43,48,50);1-5H;1H3;2*(H,1,2)/p+1/t21-,22-,23+,24+,25+,34+,56?;20-,21-,22+,23+,24+,33+,56?;;;;/m00..../s1. The number of benzene rings is 2. The molecule has 674 valence electrons. The molecular formula is C74H89N24O23P4S2+. The molecule has 53 heteroatoms. The van der Waals surface area contributed by atoms with Gasteiger partial charge in [0.05, 0.1) is 114 Å². The molecule has 0 bridgehead atoms. The van der Waals surface area contributed by atoms with Crippen molar-refractivity contribution < 1.29 is 104 Å². The summed E-state index contributed by atoms with van der Waals surface area (Å²) in [5.41, 5.74) is 1.35. The number of H-pyrrole nitrogens is 3. The predicted octanol–water partition coefficient (Wildman–Crippen LogP) is 7.03. The lowest BCUT2D eigenvalue weighted by Crippen LogP contribution is -2.28. The molecule has 0 saturated carbocycles. The summed E-state index contributed by atoms with van der Waals surface area (Å²) in [5.74, 6) is -1.87. The molecule has 2 aromatic carbocycles. The van der Waals surface area contributed by atoms with Gasteiger partial charge in [-0.25, -0.2) is 54.0 Å². The predicted molar refractivity (Wildman–Crippen MR) is 456 cm³/mol. The number of pyridine rings is 1. The molecule has 13 heterocycles. The van der Waals surface area contributed by atoms with E-state index in [0.29, 0.717) is 46.3 Å². The second-order valence-corrected chi connectivity index (χ2v) is 34.5. The van der Waals surface area contributed by atoms with Crippen LogP contribution >= 0.6 is 30.8 Å². The average molecular weight is 1870 g/mol. The number of fused-ring (bicyclic) bond motifs is 4. The first kappa shape index (κ1) is 98.3. The molecule has 47 nitrogen and oxygen atoms in total. The number of nitrogens with zero attached hydrogens (tertiary/aromatic N) is 16. The molecule has 127 heavy (non-hydrogen) atoms. The maximum atomic E-state index is 12.9. The number of hydrogen-bond acceptors (Lipinski definition) is 36. The molecule has 0 aliphatic carbocycles. The minimum Gasteiger partial charge on any atom is -0.394 e. The van der Waals surface area contributed by atoms with Crippen molar-refractivity contribution in [3.8, 4) is 12.1 Å². The van der Waals surface area contributed by atoms with Gasteiger partial charge in [-0.1, -0.05) is 77.1 Å². The third-order valence-electron chi connectivity index (χ3n) is 19.0. The van der Waals surface area contributed by atoms with Gasteiger partial charge in [-0.15, -0.1) is 0 Å². The minimum atomic E-state index is -3.67. The van der Waals surface area contributed by atoms with Crippen molar-refractivity contribution in [2.24, 2.45) is 11.8 Å². The number of aliphatic hydroxyl groups excluding tert-OH is 3. The largest absolute Gasteiger partial charge is 0.394 e. The highest BCUT2D eigenvalue weighted by Crippen LogP contribution is 2.56. The zero-order chi connectivity index (χ0) is 90.2. The van der Waals surface area contributed by atoms with Gasteiger partial charge < -0.3 is 88.0 Å². The number of rotatable bonds is 30. The highest BCUT2D eigenvalue weighted by molar-refractivity contribution is 8.07. The number of aromatic nitrogens is 17. The van der Waals surface area contributed by atoms with Gasteiger partial charge in [0, 0.05) is 60.8 Å². The Morgan fingerprint density at radius 3 is 1.31 bits per heavy atom. The fourth-order valence-corrected chi connectivity index (χ4v) is 17.3. The molecule has 4 aliphatic rings. The molecule has 4 fully saturated rings. The van der Waals surface area contributed by atoms with Crippen molar-refractivity contribution in [3.05, 3.63) is 161 Å². The van der Waals surface area contributed by atoms with Crippen molar-refractivity contribution in [2.45, 2.75) is 153 Å². The number of hydrogen-bond donors (Lipinski definition) is 12. The van der Waals surface area contributed by atoms with E-state index in [2.05, 4.69) is 86.1 Å². The van der Waals surface area contributed by atoms with Gasteiger partial charge in [0.1, 0.15) is 43.4 Å². The lowest BCUT2D eigenvalue weighted by Gasteiger charge is -2.27. The Balaban J connectivity index is 0.000000233. The van der Waals surface area contributed by atoms with Crippen LogP contribution in [0.5, 0.6) is 0 Å². The number of anilines is 4. The molecule has 4 saturated heterocycles. The quantitative estimate of drug-likeness (QED) is 0.0159. The van der Waals surface area contributed by atoms with Crippen molar-refractivity contribution in [1.82, 2.24) is 84.2 Å². The first-order valence-corrected chi connectivity index (χ1v) is 45.4. The molecular weight excluding hydrogens is 1780 g/mol. The van der Waals surface area contributed by atoms with Gasteiger partial charge in [-0.3, -0.25) is 67.6 Å². The summed E-state index contributed by atoms with van der Waals surface area (Å²) in [6.07, 6.45) is 3.55. The molecule has 2 unspecified atom stereocenters. The topological polar surface area (TPSA) is 655 Å². The zero-order valence-corrected chi connectivity index (χ0v) is 73.5. The Kier molecular flexibility index (Phi) is 36.2. The van der Waals surface area contributed by atoms with E-state index >= 15 is 0 Å². The van der Waals surface area contributed by atoms with Crippen LogP contribution in [0.2, 0.25) is 0 Å². The number of amides is 4. The van der Waals surface area contributed by atoms with Gasteiger partial charge in [0.2, 0.25) is 23.7 Å². The second-order valence-electron chi connectivity index (χ2n) is 28.2. The number of imidazole rings is 4. The van der Waals surface area contributed by atoms with Crippen LogP contribution in [0.3, 0.4) is 0 Å². The summed E-state index contributed by atoms with van der Waals surface area (Å²) in [7, 11) is -1.67. The van der Waals surface area contributed by atoms with E-state index in [0.717, 1.165) is 0 Å². The van der Waals surface area contributed by atoms with Gasteiger partial charge in [-0.05, 0) is 54.3 Å². The maximum Gasteiger partial charge on any atom is 0.327 e. The third-order valence-corrected chi connectivity index (χ3v) is 23.8. The Labute approximate surface area is 734 Å². The van der Waals surface area contributed by atoms with Crippen LogP contribution in [0, 0.1) is 34.5 Å². The van der Waals surface area contributed by atoms with Crippen LogP contribution in [-0.4, -0.2) is 209 Å². The Bertz CT molecular complexity index is 5530. The highest BCUT2D eigenvalue weighted by atomic mass is 32.5. The van der Waals surface area contributed by atoms with Crippen LogP contribution in [0.1, 0.15) is 125 Å². The van der Waals surface area contributed by atoms with Crippen LogP contribution in [0.15, 0.2) is 139 Å². The number of nitriles is 2. The van der Waals surface area contributed by atoms with Crippen LogP contribution in [0.4, 0.5) is 23.5 Å². The summed E-state index contributed by atoms with van der Waals surface area (Å²) >= 11 is 11.7. The summed E-state index contributed by atoms with van der Waals surface area (Å²) in [4.78, 5) is 141. The number of aliphatic hydroxyl groups is 3.